The summed E-state index contributed by atoms with van der Waals surface area (Å²) in [5.41, 5.74) is 10.1. The number of aromatic nitrogens is 4. The van der Waals surface area contributed by atoms with Crippen molar-refractivity contribution in [3.05, 3.63) is 51.9 Å². The van der Waals surface area contributed by atoms with Crippen molar-refractivity contribution in [1.29, 1.82) is 0 Å². The Kier molecular flexibility index (Phi) is 3.27. The molecule has 1 unspecified atom stereocenters. The van der Waals surface area contributed by atoms with Gasteiger partial charge in [0, 0.05) is 12.4 Å². The topological polar surface area (TPSA) is 69.6 Å². The van der Waals surface area contributed by atoms with E-state index in [1.54, 1.807) is 4.68 Å². The average molecular weight is 332 g/mol. The van der Waals surface area contributed by atoms with Crippen LogP contribution in [0.5, 0.6) is 0 Å². The highest BCUT2D eigenvalue weighted by molar-refractivity contribution is 9.10. The highest BCUT2D eigenvalue weighted by Crippen LogP contribution is 2.26. The van der Waals surface area contributed by atoms with E-state index in [9.17, 15) is 0 Å². The number of nitrogens with zero attached hydrogens (tertiary/aromatic N) is 4. The van der Waals surface area contributed by atoms with Gasteiger partial charge in [-0.05, 0) is 40.5 Å². The zero-order valence-corrected chi connectivity index (χ0v) is 12.8. The number of benzene rings is 1. The Morgan fingerprint density at radius 3 is 2.75 bits per heavy atom. The highest BCUT2D eigenvalue weighted by Gasteiger charge is 2.20. The average Bonchev–Trinajstić information content (AvgIpc) is 2.77. The van der Waals surface area contributed by atoms with Crippen molar-refractivity contribution in [1.82, 2.24) is 20.0 Å². The summed E-state index contributed by atoms with van der Waals surface area (Å²) in [7, 11) is 1.82. The SMILES string of the molecule is Cc1cc(C(N)c2c(Br)nnn2C)nc2ccccc12. The molecule has 6 heteroatoms. The molecule has 3 rings (SSSR count). The van der Waals surface area contributed by atoms with E-state index in [0.717, 1.165) is 27.9 Å². The van der Waals surface area contributed by atoms with E-state index < -0.39 is 0 Å². The Bertz CT molecular complexity index is 761. The van der Waals surface area contributed by atoms with Crippen LogP contribution in [0.4, 0.5) is 0 Å². The van der Waals surface area contributed by atoms with Crippen LogP contribution in [0.1, 0.15) is 23.0 Å². The van der Waals surface area contributed by atoms with E-state index in [4.69, 9.17) is 5.73 Å². The molecular formula is C14H14BrN5. The fourth-order valence-corrected chi connectivity index (χ4v) is 2.92. The standard InChI is InChI=1S/C14H14BrN5/c1-8-7-11(17-10-6-4-3-5-9(8)10)12(16)13-14(15)18-19-20(13)2/h3-7,12H,16H2,1-2H3. The van der Waals surface area contributed by atoms with Crippen LogP contribution in [0.3, 0.4) is 0 Å². The maximum absolute atomic E-state index is 6.33. The normalized spacial score (nSPS) is 12.8. The molecule has 0 bridgehead atoms. The molecule has 102 valence electrons. The van der Waals surface area contributed by atoms with Gasteiger partial charge in [0.2, 0.25) is 0 Å². The number of pyridine rings is 1. The van der Waals surface area contributed by atoms with E-state index in [0.29, 0.717) is 4.60 Å². The Hall–Kier alpha value is -1.79. The molecule has 2 aromatic heterocycles. The number of fused-ring (bicyclic) bond motifs is 1. The first-order valence-corrected chi connectivity index (χ1v) is 7.04. The Labute approximate surface area is 124 Å². The number of para-hydroxylation sites is 1. The monoisotopic (exact) mass is 331 g/mol. The van der Waals surface area contributed by atoms with Crippen LogP contribution >= 0.6 is 15.9 Å². The molecule has 0 fully saturated rings. The summed E-state index contributed by atoms with van der Waals surface area (Å²) in [6, 6.07) is 9.70. The predicted octanol–water partition coefficient (Wildman–Crippen LogP) is 2.48. The van der Waals surface area contributed by atoms with Crippen LogP contribution in [-0.4, -0.2) is 20.0 Å². The summed E-state index contributed by atoms with van der Waals surface area (Å²) in [5.74, 6) is 0. The summed E-state index contributed by atoms with van der Waals surface area (Å²) in [6.07, 6.45) is 0. The lowest BCUT2D eigenvalue weighted by Gasteiger charge is -2.13. The summed E-state index contributed by atoms with van der Waals surface area (Å²) >= 11 is 3.38. The van der Waals surface area contributed by atoms with Crippen molar-refractivity contribution >= 4 is 26.8 Å². The fourth-order valence-electron chi connectivity index (χ4n) is 2.34. The second-order valence-corrected chi connectivity index (χ2v) is 5.50. The minimum absolute atomic E-state index is 0.368. The van der Waals surface area contributed by atoms with Gasteiger partial charge in [-0.1, -0.05) is 23.4 Å². The summed E-state index contributed by atoms with van der Waals surface area (Å²) in [6.45, 7) is 2.07. The number of rotatable bonds is 2. The molecule has 0 spiro atoms. The predicted molar refractivity (Wildman–Crippen MR) is 81.2 cm³/mol. The van der Waals surface area contributed by atoms with E-state index in [-0.39, 0.29) is 6.04 Å². The van der Waals surface area contributed by atoms with Crippen molar-refractivity contribution in [2.45, 2.75) is 13.0 Å². The molecule has 0 aliphatic carbocycles. The van der Waals surface area contributed by atoms with Gasteiger partial charge in [0.15, 0.2) is 4.60 Å². The first-order chi connectivity index (χ1) is 9.58. The number of halogens is 1. The molecule has 0 saturated heterocycles. The van der Waals surface area contributed by atoms with Gasteiger partial charge in [-0.2, -0.15) is 0 Å². The largest absolute Gasteiger partial charge is 0.318 e. The second kappa shape index (κ2) is 4.96. The van der Waals surface area contributed by atoms with Gasteiger partial charge in [-0.25, -0.2) is 4.68 Å². The number of nitrogens with two attached hydrogens (primary N) is 1. The second-order valence-electron chi connectivity index (χ2n) is 4.75. The van der Waals surface area contributed by atoms with Gasteiger partial charge in [0.25, 0.3) is 0 Å². The molecule has 0 saturated carbocycles. The molecule has 20 heavy (non-hydrogen) atoms. The van der Waals surface area contributed by atoms with Crippen molar-refractivity contribution in [3.8, 4) is 0 Å². The summed E-state index contributed by atoms with van der Waals surface area (Å²) in [5, 5.41) is 9.07. The summed E-state index contributed by atoms with van der Waals surface area (Å²) in [4.78, 5) is 4.66. The zero-order chi connectivity index (χ0) is 14.3. The van der Waals surface area contributed by atoms with Gasteiger partial charge in [-0.15, -0.1) is 5.10 Å². The first-order valence-electron chi connectivity index (χ1n) is 6.25. The third kappa shape index (κ3) is 2.10. The van der Waals surface area contributed by atoms with Crippen molar-refractivity contribution in [2.24, 2.45) is 12.8 Å². The number of aryl methyl sites for hydroxylation is 2. The van der Waals surface area contributed by atoms with Gasteiger partial charge in [0.1, 0.15) is 0 Å². The summed E-state index contributed by atoms with van der Waals surface area (Å²) < 4.78 is 2.32. The molecule has 1 aromatic carbocycles. The maximum Gasteiger partial charge on any atom is 0.153 e. The maximum atomic E-state index is 6.33. The lowest BCUT2D eigenvalue weighted by molar-refractivity contribution is 0.645. The fraction of sp³-hybridized carbons (Fsp3) is 0.214. The van der Waals surface area contributed by atoms with E-state index in [1.807, 2.05) is 31.3 Å². The molecule has 2 N–H and O–H groups in total. The third-order valence-electron chi connectivity index (χ3n) is 3.38. The molecule has 0 radical (unpaired) electrons. The van der Waals surface area contributed by atoms with Crippen molar-refractivity contribution in [2.75, 3.05) is 0 Å². The van der Waals surface area contributed by atoms with E-state index >= 15 is 0 Å². The molecular weight excluding hydrogens is 318 g/mol. The molecule has 3 aromatic rings. The molecule has 2 heterocycles. The lowest BCUT2D eigenvalue weighted by Crippen LogP contribution is -2.18. The van der Waals surface area contributed by atoms with Crippen molar-refractivity contribution in [3.63, 3.8) is 0 Å². The number of hydrogen-bond donors (Lipinski definition) is 1. The molecule has 0 aliphatic rings. The Morgan fingerprint density at radius 1 is 1.30 bits per heavy atom. The Morgan fingerprint density at radius 2 is 2.05 bits per heavy atom. The van der Waals surface area contributed by atoms with E-state index in [2.05, 4.69) is 44.2 Å². The minimum Gasteiger partial charge on any atom is -0.318 e. The van der Waals surface area contributed by atoms with Crippen LogP contribution in [0.2, 0.25) is 0 Å². The Balaban J connectivity index is 2.15. The highest BCUT2D eigenvalue weighted by atomic mass is 79.9. The number of hydrogen-bond acceptors (Lipinski definition) is 4. The molecule has 0 aliphatic heterocycles. The van der Waals surface area contributed by atoms with Gasteiger partial charge < -0.3 is 5.73 Å². The third-order valence-corrected chi connectivity index (χ3v) is 3.95. The minimum atomic E-state index is -0.368. The molecule has 5 nitrogen and oxygen atoms in total. The van der Waals surface area contributed by atoms with Gasteiger partial charge in [-0.3, -0.25) is 4.98 Å². The lowest BCUT2D eigenvalue weighted by atomic mass is 10.0. The quantitative estimate of drug-likeness (QED) is 0.783. The van der Waals surface area contributed by atoms with Crippen molar-refractivity contribution < 1.29 is 0 Å². The van der Waals surface area contributed by atoms with Crippen LogP contribution < -0.4 is 5.73 Å². The van der Waals surface area contributed by atoms with E-state index in [1.165, 1.54) is 0 Å². The smallest absolute Gasteiger partial charge is 0.153 e. The van der Waals surface area contributed by atoms with Crippen LogP contribution in [0.25, 0.3) is 10.9 Å². The molecule has 0 amide bonds. The first kappa shape index (κ1) is 13.2. The van der Waals surface area contributed by atoms with Crippen LogP contribution in [0, 0.1) is 6.92 Å². The zero-order valence-electron chi connectivity index (χ0n) is 11.2. The molecule has 1 atom stereocenters. The van der Waals surface area contributed by atoms with Crippen LogP contribution in [-0.2, 0) is 7.05 Å². The van der Waals surface area contributed by atoms with Crippen LogP contribution in [0.15, 0.2) is 34.9 Å². The van der Waals surface area contributed by atoms with Gasteiger partial charge >= 0.3 is 0 Å². The van der Waals surface area contributed by atoms with Gasteiger partial charge in [0.05, 0.1) is 22.9 Å².